The smallest absolute Gasteiger partial charge is 0.221 e. The Kier molecular flexibility index (Phi) is 17.9. The molecule has 0 radical (unpaired) electrons. The molecule has 27 heavy (non-hydrogen) atoms. The fourth-order valence-electron chi connectivity index (χ4n) is 3.23. The number of aliphatic hydroxyl groups is 1. The highest BCUT2D eigenvalue weighted by Gasteiger charge is 2.11. The first-order chi connectivity index (χ1) is 13.0. The third kappa shape index (κ3) is 17.0. The number of nitrogens with one attached hydrogen (secondary N) is 1. The van der Waals surface area contributed by atoms with Crippen LogP contribution in [0.4, 0.5) is 0 Å². The second-order valence-corrected chi connectivity index (χ2v) is 7.97. The predicted molar refractivity (Wildman–Crippen MR) is 117 cm³/mol. The Hall–Kier alpha value is -0.870. The lowest BCUT2D eigenvalue weighted by Crippen LogP contribution is -2.44. The highest BCUT2D eigenvalue weighted by molar-refractivity contribution is 5.76. The molecular weight excluding hydrogens is 336 g/mol. The predicted octanol–water partition coefficient (Wildman–Crippen LogP) is 5.41. The van der Waals surface area contributed by atoms with Crippen molar-refractivity contribution in [2.75, 3.05) is 14.1 Å². The molecule has 0 saturated carbocycles. The lowest BCUT2D eigenvalue weighted by Gasteiger charge is -2.23. The zero-order chi connectivity index (χ0) is 20.3. The maximum Gasteiger partial charge on any atom is 0.221 e. The van der Waals surface area contributed by atoms with Gasteiger partial charge in [-0.25, -0.2) is 0 Å². The van der Waals surface area contributed by atoms with Gasteiger partial charge in [0.05, 0.1) is 12.3 Å². The van der Waals surface area contributed by atoms with Crippen molar-refractivity contribution in [1.82, 2.24) is 10.2 Å². The van der Waals surface area contributed by atoms with Crippen LogP contribution in [-0.4, -0.2) is 42.3 Å². The largest absolute Gasteiger partial charge is 0.393 e. The number of amides is 1. The standard InChI is InChI=1S/C23H46N2O2/c1-5-7-8-15-18-21(26)19-16-13-11-9-10-12-14-17-20-23(27)24-22(6-2)25(3)4/h13,16,21-22,26H,5-12,14-15,17-20H2,1-4H3,(H,24,27)/t21-,22?/m1/s1. The van der Waals surface area contributed by atoms with E-state index in [1.165, 1.54) is 38.5 Å². The van der Waals surface area contributed by atoms with Crippen LogP contribution in [0.5, 0.6) is 0 Å². The third-order valence-corrected chi connectivity index (χ3v) is 5.08. The average Bonchev–Trinajstić information content (AvgIpc) is 2.64. The summed E-state index contributed by atoms with van der Waals surface area (Å²) in [5.74, 6) is 0.173. The first-order valence-corrected chi connectivity index (χ1v) is 11.3. The molecule has 0 rings (SSSR count). The van der Waals surface area contributed by atoms with Gasteiger partial charge in [0.1, 0.15) is 0 Å². The SMILES string of the molecule is CCCCCC[C@@H](O)CC=CCCCCCCCC(=O)NC(CC)N(C)C. The summed E-state index contributed by atoms with van der Waals surface area (Å²) in [7, 11) is 3.99. The molecule has 2 N–H and O–H groups in total. The van der Waals surface area contributed by atoms with E-state index in [0.29, 0.717) is 6.42 Å². The molecule has 0 aromatic rings. The molecule has 1 amide bonds. The van der Waals surface area contributed by atoms with Gasteiger partial charge >= 0.3 is 0 Å². The Bertz CT molecular complexity index is 369. The number of carbonyl (C=O) groups is 1. The molecule has 4 heteroatoms. The Balaban J connectivity index is 3.47. The molecule has 0 aliphatic heterocycles. The quantitative estimate of drug-likeness (QED) is 0.189. The molecule has 1 unspecified atom stereocenters. The molecule has 0 aromatic heterocycles. The number of rotatable bonds is 18. The Morgan fingerprint density at radius 3 is 2.30 bits per heavy atom. The van der Waals surface area contributed by atoms with E-state index in [-0.39, 0.29) is 18.2 Å². The molecule has 0 heterocycles. The van der Waals surface area contributed by atoms with Gasteiger partial charge in [-0.15, -0.1) is 0 Å². The van der Waals surface area contributed by atoms with Crippen molar-refractivity contribution in [3.8, 4) is 0 Å². The summed E-state index contributed by atoms with van der Waals surface area (Å²) < 4.78 is 0. The maximum atomic E-state index is 11.9. The number of carbonyl (C=O) groups excluding carboxylic acids is 1. The third-order valence-electron chi connectivity index (χ3n) is 5.08. The van der Waals surface area contributed by atoms with Gasteiger partial charge in [0.15, 0.2) is 0 Å². The van der Waals surface area contributed by atoms with Crippen LogP contribution in [0.25, 0.3) is 0 Å². The summed E-state index contributed by atoms with van der Waals surface area (Å²) in [6.07, 6.45) is 19.4. The van der Waals surface area contributed by atoms with Crippen LogP contribution in [0, 0.1) is 0 Å². The number of nitrogens with zero attached hydrogens (tertiary/aromatic N) is 1. The van der Waals surface area contributed by atoms with Gasteiger partial charge in [0.25, 0.3) is 0 Å². The summed E-state index contributed by atoms with van der Waals surface area (Å²) in [4.78, 5) is 14.0. The van der Waals surface area contributed by atoms with Crippen LogP contribution >= 0.6 is 0 Å². The maximum absolute atomic E-state index is 11.9. The monoisotopic (exact) mass is 382 g/mol. The van der Waals surface area contributed by atoms with E-state index < -0.39 is 0 Å². The zero-order valence-electron chi connectivity index (χ0n) is 18.5. The number of hydrogen-bond acceptors (Lipinski definition) is 3. The number of hydrogen-bond donors (Lipinski definition) is 2. The van der Waals surface area contributed by atoms with E-state index in [1.54, 1.807) is 0 Å². The number of allylic oxidation sites excluding steroid dienone is 1. The fourth-order valence-corrected chi connectivity index (χ4v) is 3.23. The van der Waals surface area contributed by atoms with Crippen molar-refractivity contribution in [2.24, 2.45) is 0 Å². The molecule has 0 aromatic carbocycles. The van der Waals surface area contributed by atoms with Gasteiger partial charge in [-0.05, 0) is 52.6 Å². The van der Waals surface area contributed by atoms with Gasteiger partial charge in [0.2, 0.25) is 5.91 Å². The molecule has 160 valence electrons. The zero-order valence-corrected chi connectivity index (χ0v) is 18.5. The van der Waals surface area contributed by atoms with Crippen molar-refractivity contribution in [2.45, 2.75) is 116 Å². The minimum atomic E-state index is -0.163. The normalized spacial score (nSPS) is 14.0. The second-order valence-electron chi connectivity index (χ2n) is 7.97. The summed E-state index contributed by atoms with van der Waals surface area (Å²) in [5, 5.41) is 13.0. The Morgan fingerprint density at radius 2 is 1.63 bits per heavy atom. The van der Waals surface area contributed by atoms with Gasteiger partial charge in [0, 0.05) is 6.42 Å². The van der Waals surface area contributed by atoms with Crippen molar-refractivity contribution < 1.29 is 9.90 Å². The van der Waals surface area contributed by atoms with Gasteiger partial charge in [-0.1, -0.05) is 70.9 Å². The molecule has 0 spiro atoms. The molecule has 0 saturated heterocycles. The van der Waals surface area contributed by atoms with Gasteiger partial charge in [-0.2, -0.15) is 0 Å². The molecular formula is C23H46N2O2. The highest BCUT2D eigenvalue weighted by atomic mass is 16.3. The van der Waals surface area contributed by atoms with Crippen LogP contribution in [0.1, 0.15) is 104 Å². The topological polar surface area (TPSA) is 52.6 Å². The number of unbranched alkanes of at least 4 members (excludes halogenated alkanes) is 8. The van der Waals surface area contributed by atoms with Crippen molar-refractivity contribution in [3.05, 3.63) is 12.2 Å². The van der Waals surface area contributed by atoms with Crippen LogP contribution < -0.4 is 5.32 Å². The summed E-state index contributed by atoms with van der Waals surface area (Å²) >= 11 is 0. The Labute approximate surface area is 168 Å². The summed E-state index contributed by atoms with van der Waals surface area (Å²) in [6.45, 7) is 4.30. The molecule has 2 atom stereocenters. The van der Waals surface area contributed by atoms with Crippen molar-refractivity contribution >= 4 is 5.91 Å². The highest BCUT2D eigenvalue weighted by Crippen LogP contribution is 2.10. The first-order valence-electron chi connectivity index (χ1n) is 11.3. The van der Waals surface area contributed by atoms with E-state index >= 15 is 0 Å². The molecule has 4 nitrogen and oxygen atoms in total. The molecule has 0 fully saturated rings. The minimum absolute atomic E-state index is 0.152. The second kappa shape index (κ2) is 18.5. The van der Waals surface area contributed by atoms with Gasteiger partial charge < -0.3 is 10.4 Å². The van der Waals surface area contributed by atoms with Crippen LogP contribution in [0.3, 0.4) is 0 Å². The average molecular weight is 383 g/mol. The summed E-state index contributed by atoms with van der Waals surface area (Å²) in [5.41, 5.74) is 0. The van der Waals surface area contributed by atoms with Crippen molar-refractivity contribution in [1.29, 1.82) is 0 Å². The molecule has 0 bridgehead atoms. The van der Waals surface area contributed by atoms with E-state index in [2.05, 4.69) is 36.2 Å². The summed E-state index contributed by atoms with van der Waals surface area (Å²) in [6, 6.07) is 0. The lowest BCUT2D eigenvalue weighted by atomic mass is 10.1. The van der Waals surface area contributed by atoms with E-state index in [1.807, 2.05) is 14.1 Å². The Morgan fingerprint density at radius 1 is 0.963 bits per heavy atom. The minimum Gasteiger partial charge on any atom is -0.393 e. The van der Waals surface area contributed by atoms with Crippen LogP contribution in [0.2, 0.25) is 0 Å². The lowest BCUT2D eigenvalue weighted by molar-refractivity contribution is -0.123. The van der Waals surface area contributed by atoms with E-state index in [0.717, 1.165) is 44.9 Å². The van der Waals surface area contributed by atoms with Crippen LogP contribution in [0.15, 0.2) is 12.2 Å². The van der Waals surface area contributed by atoms with E-state index in [9.17, 15) is 9.90 Å². The molecule has 0 aliphatic rings. The van der Waals surface area contributed by atoms with Gasteiger partial charge in [-0.3, -0.25) is 9.69 Å². The first kappa shape index (κ1) is 26.1. The number of aliphatic hydroxyl groups excluding tert-OH is 1. The molecule has 0 aliphatic carbocycles. The van der Waals surface area contributed by atoms with Crippen molar-refractivity contribution in [3.63, 3.8) is 0 Å². The van der Waals surface area contributed by atoms with Crippen LogP contribution in [-0.2, 0) is 4.79 Å². The van der Waals surface area contributed by atoms with E-state index in [4.69, 9.17) is 0 Å². The fraction of sp³-hybridized carbons (Fsp3) is 0.870.